The molecule has 1 rings (SSSR count). The van der Waals surface area contributed by atoms with Crippen LogP contribution in [0.5, 0.6) is 5.75 Å². The van der Waals surface area contributed by atoms with E-state index in [1.54, 1.807) is 21.1 Å². The summed E-state index contributed by atoms with van der Waals surface area (Å²) in [5.74, 6) is 0.775. The number of benzene rings is 1. The Kier molecular flexibility index (Phi) is 5.83. The first-order valence-corrected chi connectivity index (χ1v) is 6.52. The monoisotopic (exact) mass is 265 g/mol. The molecule has 0 fully saturated rings. The minimum absolute atomic E-state index is 0.0639. The zero-order chi connectivity index (χ0) is 14.3. The molecule has 1 aromatic carbocycles. The number of carbonyl (C=O) groups is 1. The summed E-state index contributed by atoms with van der Waals surface area (Å²) >= 11 is 0. The van der Waals surface area contributed by atoms with Gasteiger partial charge in [0.15, 0.2) is 0 Å². The van der Waals surface area contributed by atoms with Crippen molar-refractivity contribution in [3.05, 3.63) is 29.8 Å². The Labute approximate surface area is 115 Å². The molecule has 0 bridgehead atoms. The van der Waals surface area contributed by atoms with E-state index < -0.39 is 5.60 Å². The summed E-state index contributed by atoms with van der Waals surface area (Å²) in [5.41, 5.74) is 0.427. The highest BCUT2D eigenvalue weighted by atomic mass is 16.5. The van der Waals surface area contributed by atoms with Crippen LogP contribution in [0.4, 0.5) is 0 Å². The van der Waals surface area contributed by atoms with Gasteiger partial charge in [-0.05, 0) is 37.5 Å². The Balaban J connectivity index is 2.43. The fraction of sp³-hybridized carbons (Fsp3) is 0.533. The van der Waals surface area contributed by atoms with E-state index in [0.29, 0.717) is 13.0 Å². The van der Waals surface area contributed by atoms with Crippen LogP contribution in [0.15, 0.2) is 24.3 Å². The predicted octanol–water partition coefficient (Wildman–Crippen LogP) is 2.17. The summed E-state index contributed by atoms with van der Waals surface area (Å²) in [4.78, 5) is 12.0. The second-order valence-corrected chi connectivity index (χ2v) is 4.64. The van der Waals surface area contributed by atoms with Gasteiger partial charge in [0.2, 0.25) is 0 Å². The maximum atomic E-state index is 12.0. The number of methoxy groups -OCH3 is 2. The first-order chi connectivity index (χ1) is 9.05. The largest absolute Gasteiger partial charge is 0.497 e. The van der Waals surface area contributed by atoms with Crippen molar-refractivity contribution < 1.29 is 14.3 Å². The van der Waals surface area contributed by atoms with E-state index in [2.05, 4.69) is 5.32 Å². The fourth-order valence-electron chi connectivity index (χ4n) is 1.70. The lowest BCUT2D eigenvalue weighted by atomic mass is 10.0. The van der Waals surface area contributed by atoms with E-state index >= 15 is 0 Å². The molecule has 1 amide bonds. The van der Waals surface area contributed by atoms with Crippen LogP contribution in [0.1, 0.15) is 25.8 Å². The highest BCUT2D eigenvalue weighted by Gasteiger charge is 2.30. The van der Waals surface area contributed by atoms with Gasteiger partial charge >= 0.3 is 0 Å². The number of ether oxygens (including phenoxy) is 2. The Bertz CT molecular complexity index is 396. The minimum Gasteiger partial charge on any atom is -0.497 e. The van der Waals surface area contributed by atoms with Gasteiger partial charge in [0.05, 0.1) is 7.11 Å². The highest BCUT2D eigenvalue weighted by Crippen LogP contribution is 2.14. The van der Waals surface area contributed by atoms with Gasteiger partial charge in [-0.15, -0.1) is 0 Å². The first-order valence-electron chi connectivity index (χ1n) is 6.52. The molecular weight excluding hydrogens is 242 g/mol. The van der Waals surface area contributed by atoms with Crippen molar-refractivity contribution >= 4 is 5.91 Å². The molecular formula is C15H23NO3. The van der Waals surface area contributed by atoms with Gasteiger partial charge in [0, 0.05) is 13.7 Å². The quantitative estimate of drug-likeness (QED) is 0.822. The van der Waals surface area contributed by atoms with Crippen LogP contribution in [0.25, 0.3) is 0 Å². The molecule has 19 heavy (non-hydrogen) atoms. The van der Waals surface area contributed by atoms with Gasteiger partial charge in [-0.3, -0.25) is 4.79 Å². The zero-order valence-corrected chi connectivity index (χ0v) is 12.2. The lowest BCUT2D eigenvalue weighted by Gasteiger charge is -2.25. The molecule has 106 valence electrons. The molecule has 0 spiro atoms. The van der Waals surface area contributed by atoms with Crippen molar-refractivity contribution in [1.29, 1.82) is 0 Å². The van der Waals surface area contributed by atoms with Crippen molar-refractivity contribution in [1.82, 2.24) is 5.32 Å². The molecule has 0 saturated heterocycles. The molecule has 0 aromatic heterocycles. The first kappa shape index (κ1) is 15.5. The molecule has 1 N–H and O–H groups in total. The van der Waals surface area contributed by atoms with E-state index in [9.17, 15) is 4.79 Å². The molecule has 1 aromatic rings. The highest BCUT2D eigenvalue weighted by molar-refractivity contribution is 5.84. The molecule has 4 heteroatoms. The van der Waals surface area contributed by atoms with E-state index in [-0.39, 0.29) is 5.91 Å². The van der Waals surface area contributed by atoms with E-state index in [1.165, 1.54) is 0 Å². The van der Waals surface area contributed by atoms with Crippen LogP contribution in [-0.2, 0) is 16.0 Å². The van der Waals surface area contributed by atoms with Crippen molar-refractivity contribution in [3.8, 4) is 5.75 Å². The average Bonchev–Trinajstić information content (AvgIpc) is 2.47. The summed E-state index contributed by atoms with van der Waals surface area (Å²) in [5, 5.41) is 2.91. The number of hydrogen-bond donors (Lipinski definition) is 1. The second-order valence-electron chi connectivity index (χ2n) is 4.64. The van der Waals surface area contributed by atoms with E-state index in [0.717, 1.165) is 17.7 Å². The maximum Gasteiger partial charge on any atom is 0.251 e. The smallest absolute Gasteiger partial charge is 0.251 e. The summed E-state index contributed by atoms with van der Waals surface area (Å²) in [6.07, 6.45) is 1.44. The molecule has 0 aliphatic carbocycles. The van der Waals surface area contributed by atoms with Crippen LogP contribution >= 0.6 is 0 Å². The van der Waals surface area contributed by atoms with Crippen molar-refractivity contribution in [2.24, 2.45) is 0 Å². The predicted molar refractivity (Wildman–Crippen MR) is 75.4 cm³/mol. The molecule has 0 aliphatic heterocycles. The molecule has 1 unspecified atom stereocenters. The van der Waals surface area contributed by atoms with Gasteiger partial charge in [-0.25, -0.2) is 0 Å². The van der Waals surface area contributed by atoms with Crippen molar-refractivity contribution in [2.45, 2.75) is 32.3 Å². The Hall–Kier alpha value is -1.55. The zero-order valence-electron chi connectivity index (χ0n) is 12.2. The third kappa shape index (κ3) is 4.24. The van der Waals surface area contributed by atoms with E-state index in [4.69, 9.17) is 9.47 Å². The normalized spacial score (nSPS) is 13.7. The van der Waals surface area contributed by atoms with Crippen LogP contribution < -0.4 is 10.1 Å². The van der Waals surface area contributed by atoms with Gasteiger partial charge in [0.1, 0.15) is 11.4 Å². The second kappa shape index (κ2) is 7.14. The Morgan fingerprint density at radius 1 is 1.26 bits per heavy atom. The number of amides is 1. The summed E-state index contributed by atoms with van der Waals surface area (Å²) < 4.78 is 10.4. The lowest BCUT2D eigenvalue weighted by molar-refractivity contribution is -0.141. The van der Waals surface area contributed by atoms with E-state index in [1.807, 2.05) is 31.2 Å². The molecule has 1 atom stereocenters. The third-order valence-corrected chi connectivity index (χ3v) is 3.46. The number of rotatable bonds is 7. The number of carbonyl (C=O) groups excluding carboxylic acids is 1. The molecule has 0 radical (unpaired) electrons. The minimum atomic E-state index is -0.736. The molecule has 0 heterocycles. The summed E-state index contributed by atoms with van der Waals surface area (Å²) in [6.45, 7) is 4.34. The Morgan fingerprint density at radius 3 is 2.37 bits per heavy atom. The van der Waals surface area contributed by atoms with Crippen molar-refractivity contribution in [3.63, 3.8) is 0 Å². The topological polar surface area (TPSA) is 47.6 Å². The van der Waals surface area contributed by atoms with Gasteiger partial charge in [0.25, 0.3) is 5.91 Å². The standard InChI is InChI=1S/C15H23NO3/c1-5-15(2,19-4)14(17)16-11-10-12-6-8-13(18-3)9-7-12/h6-9H,5,10-11H2,1-4H3,(H,16,17). The third-order valence-electron chi connectivity index (χ3n) is 3.46. The number of nitrogens with one attached hydrogen (secondary N) is 1. The van der Waals surface area contributed by atoms with Crippen LogP contribution in [-0.4, -0.2) is 32.3 Å². The Morgan fingerprint density at radius 2 is 1.89 bits per heavy atom. The van der Waals surface area contributed by atoms with Gasteiger partial charge in [-0.1, -0.05) is 19.1 Å². The molecule has 4 nitrogen and oxygen atoms in total. The number of hydrogen-bond acceptors (Lipinski definition) is 3. The summed E-state index contributed by atoms with van der Waals surface area (Å²) in [7, 11) is 3.21. The fourth-order valence-corrected chi connectivity index (χ4v) is 1.70. The van der Waals surface area contributed by atoms with Crippen LogP contribution in [0, 0.1) is 0 Å². The molecule has 0 aliphatic rings. The lowest BCUT2D eigenvalue weighted by Crippen LogP contribution is -2.46. The summed E-state index contributed by atoms with van der Waals surface area (Å²) in [6, 6.07) is 7.84. The van der Waals surface area contributed by atoms with Gasteiger partial charge in [-0.2, -0.15) is 0 Å². The van der Waals surface area contributed by atoms with Crippen LogP contribution in [0.2, 0.25) is 0 Å². The SMILES string of the molecule is CCC(C)(OC)C(=O)NCCc1ccc(OC)cc1. The van der Waals surface area contributed by atoms with Crippen LogP contribution in [0.3, 0.4) is 0 Å². The maximum absolute atomic E-state index is 12.0. The average molecular weight is 265 g/mol. The molecule has 0 saturated carbocycles. The van der Waals surface area contributed by atoms with Gasteiger partial charge < -0.3 is 14.8 Å². The van der Waals surface area contributed by atoms with Crippen molar-refractivity contribution in [2.75, 3.05) is 20.8 Å².